The van der Waals surface area contributed by atoms with Crippen LogP contribution >= 0.6 is 11.6 Å². The highest BCUT2D eigenvalue weighted by Gasteiger charge is 2.20. The molecule has 1 heterocycles. The fraction of sp³-hybridized carbons (Fsp3) is 0.143. The normalized spacial score (nSPS) is 11.5. The monoisotopic (exact) mass is 395 g/mol. The average Bonchev–Trinajstić information content (AvgIpc) is 2.74. The van der Waals surface area contributed by atoms with Gasteiger partial charge in [0.15, 0.2) is 5.82 Å². The van der Waals surface area contributed by atoms with Crippen LogP contribution < -0.4 is 5.32 Å². The highest BCUT2D eigenvalue weighted by molar-refractivity contribution is 6.30. The van der Waals surface area contributed by atoms with E-state index in [2.05, 4.69) is 15.3 Å². The number of methoxy groups -OCH3 is 1. The van der Waals surface area contributed by atoms with Crippen LogP contribution in [0.2, 0.25) is 5.02 Å². The molecule has 0 saturated heterocycles. The zero-order valence-corrected chi connectivity index (χ0v) is 15.9. The summed E-state index contributed by atoms with van der Waals surface area (Å²) < 4.78 is 4.74. The SMILES string of the molecule is COC(=O)CC(NC(=O)c1cnc(-c2ccccc2)nc1)c1ccc(Cl)cc1. The maximum absolute atomic E-state index is 12.6. The number of rotatable bonds is 6. The summed E-state index contributed by atoms with van der Waals surface area (Å²) in [6, 6.07) is 15.8. The molecule has 0 aliphatic heterocycles. The van der Waals surface area contributed by atoms with Crippen LogP contribution in [-0.4, -0.2) is 29.0 Å². The van der Waals surface area contributed by atoms with Crippen molar-refractivity contribution < 1.29 is 14.3 Å². The van der Waals surface area contributed by atoms with Gasteiger partial charge >= 0.3 is 5.97 Å². The Labute approximate surface area is 167 Å². The molecule has 28 heavy (non-hydrogen) atoms. The van der Waals surface area contributed by atoms with E-state index in [1.165, 1.54) is 19.5 Å². The highest BCUT2D eigenvalue weighted by atomic mass is 35.5. The second kappa shape index (κ2) is 9.10. The Kier molecular flexibility index (Phi) is 6.34. The number of nitrogens with one attached hydrogen (secondary N) is 1. The molecule has 0 aliphatic rings. The van der Waals surface area contributed by atoms with Crippen LogP contribution in [0.25, 0.3) is 11.4 Å². The third-order valence-corrected chi connectivity index (χ3v) is 4.37. The summed E-state index contributed by atoms with van der Waals surface area (Å²) in [5.74, 6) is -0.291. The molecular weight excluding hydrogens is 378 g/mol. The predicted octanol–water partition coefficient (Wildman–Crippen LogP) is 3.83. The van der Waals surface area contributed by atoms with Crippen LogP contribution in [0, 0.1) is 0 Å². The first-order chi connectivity index (χ1) is 13.6. The number of carbonyl (C=O) groups excluding carboxylic acids is 2. The minimum absolute atomic E-state index is 0.00711. The zero-order chi connectivity index (χ0) is 19.9. The molecule has 3 rings (SSSR count). The van der Waals surface area contributed by atoms with Gasteiger partial charge in [0.25, 0.3) is 5.91 Å². The summed E-state index contributed by atoms with van der Waals surface area (Å²) in [6.45, 7) is 0. The standard InChI is InChI=1S/C21H18ClN3O3/c1-28-19(26)11-18(14-7-9-17(22)10-8-14)25-21(27)16-12-23-20(24-13-16)15-5-3-2-4-6-15/h2-10,12-13,18H,11H2,1H3,(H,25,27). The maximum Gasteiger partial charge on any atom is 0.307 e. The number of esters is 1. The van der Waals surface area contributed by atoms with Crippen molar-refractivity contribution in [3.63, 3.8) is 0 Å². The summed E-state index contributed by atoms with van der Waals surface area (Å²) in [6.07, 6.45) is 2.91. The van der Waals surface area contributed by atoms with Gasteiger partial charge in [-0.25, -0.2) is 9.97 Å². The van der Waals surface area contributed by atoms with Crippen LogP contribution in [-0.2, 0) is 9.53 Å². The molecule has 0 bridgehead atoms. The van der Waals surface area contributed by atoms with Gasteiger partial charge < -0.3 is 10.1 Å². The second-order valence-electron chi connectivity index (χ2n) is 6.02. The number of hydrogen-bond donors (Lipinski definition) is 1. The van der Waals surface area contributed by atoms with Crippen molar-refractivity contribution >= 4 is 23.5 Å². The molecule has 6 nitrogen and oxygen atoms in total. The summed E-state index contributed by atoms with van der Waals surface area (Å²) in [4.78, 5) is 32.9. The number of aromatic nitrogens is 2. The highest BCUT2D eigenvalue weighted by Crippen LogP contribution is 2.21. The molecule has 7 heteroatoms. The Balaban J connectivity index is 1.77. The topological polar surface area (TPSA) is 81.2 Å². The Morgan fingerprint density at radius 1 is 1.04 bits per heavy atom. The predicted molar refractivity (Wildman–Crippen MR) is 106 cm³/mol. The molecule has 1 unspecified atom stereocenters. The van der Waals surface area contributed by atoms with Crippen molar-refractivity contribution in [1.29, 1.82) is 0 Å². The molecule has 2 aromatic carbocycles. The van der Waals surface area contributed by atoms with Crippen molar-refractivity contribution in [2.45, 2.75) is 12.5 Å². The molecule has 1 aromatic heterocycles. The van der Waals surface area contributed by atoms with Gasteiger partial charge in [0.2, 0.25) is 0 Å². The Hall–Kier alpha value is -3.25. The lowest BCUT2D eigenvalue weighted by atomic mass is 10.0. The number of benzene rings is 2. The minimum Gasteiger partial charge on any atom is -0.469 e. The number of carbonyl (C=O) groups is 2. The Bertz CT molecular complexity index is 945. The lowest BCUT2D eigenvalue weighted by Crippen LogP contribution is -2.30. The minimum atomic E-state index is -0.564. The van der Waals surface area contributed by atoms with Crippen molar-refractivity contribution in [1.82, 2.24) is 15.3 Å². The van der Waals surface area contributed by atoms with E-state index in [9.17, 15) is 9.59 Å². The van der Waals surface area contributed by atoms with E-state index < -0.39 is 12.0 Å². The number of hydrogen-bond acceptors (Lipinski definition) is 5. The molecule has 1 atom stereocenters. The molecule has 0 radical (unpaired) electrons. The van der Waals surface area contributed by atoms with E-state index in [1.54, 1.807) is 24.3 Å². The van der Waals surface area contributed by atoms with E-state index in [4.69, 9.17) is 16.3 Å². The van der Waals surface area contributed by atoms with Gasteiger partial charge in [0.05, 0.1) is 25.1 Å². The fourth-order valence-electron chi connectivity index (χ4n) is 2.62. The quantitative estimate of drug-likeness (QED) is 0.641. The molecule has 142 valence electrons. The van der Waals surface area contributed by atoms with E-state index in [-0.39, 0.29) is 12.3 Å². The van der Waals surface area contributed by atoms with Crippen LogP contribution in [0.4, 0.5) is 0 Å². The molecule has 3 aromatic rings. The average molecular weight is 396 g/mol. The first-order valence-corrected chi connectivity index (χ1v) is 8.95. The van der Waals surface area contributed by atoms with Gasteiger partial charge in [0, 0.05) is 23.0 Å². The first-order valence-electron chi connectivity index (χ1n) is 8.57. The van der Waals surface area contributed by atoms with E-state index in [0.717, 1.165) is 11.1 Å². The summed E-state index contributed by atoms with van der Waals surface area (Å²) >= 11 is 5.92. The fourth-order valence-corrected chi connectivity index (χ4v) is 2.75. The lowest BCUT2D eigenvalue weighted by Gasteiger charge is -2.18. The molecule has 0 aliphatic carbocycles. The first kappa shape index (κ1) is 19.5. The second-order valence-corrected chi connectivity index (χ2v) is 6.46. The van der Waals surface area contributed by atoms with Gasteiger partial charge in [-0.05, 0) is 17.7 Å². The number of ether oxygens (including phenoxy) is 1. The Morgan fingerprint density at radius 2 is 1.68 bits per heavy atom. The lowest BCUT2D eigenvalue weighted by molar-refractivity contribution is -0.141. The third kappa shape index (κ3) is 4.92. The summed E-state index contributed by atoms with van der Waals surface area (Å²) in [5.41, 5.74) is 1.90. The van der Waals surface area contributed by atoms with Gasteiger partial charge in [-0.15, -0.1) is 0 Å². The van der Waals surface area contributed by atoms with Crippen molar-refractivity contribution in [2.75, 3.05) is 7.11 Å². The molecule has 1 amide bonds. The van der Waals surface area contributed by atoms with Crippen LogP contribution in [0.5, 0.6) is 0 Å². The van der Waals surface area contributed by atoms with Gasteiger partial charge in [0.1, 0.15) is 0 Å². The summed E-state index contributed by atoms with van der Waals surface area (Å²) in [5, 5.41) is 3.40. The van der Waals surface area contributed by atoms with Crippen LogP contribution in [0.3, 0.4) is 0 Å². The molecule has 0 saturated carbocycles. The number of nitrogens with zero attached hydrogens (tertiary/aromatic N) is 2. The van der Waals surface area contributed by atoms with Gasteiger partial charge in [-0.2, -0.15) is 0 Å². The third-order valence-electron chi connectivity index (χ3n) is 4.12. The van der Waals surface area contributed by atoms with Gasteiger partial charge in [-0.3, -0.25) is 9.59 Å². The largest absolute Gasteiger partial charge is 0.469 e. The maximum atomic E-state index is 12.6. The Morgan fingerprint density at radius 3 is 2.29 bits per heavy atom. The van der Waals surface area contributed by atoms with E-state index in [0.29, 0.717) is 16.4 Å². The number of amides is 1. The van der Waals surface area contributed by atoms with Crippen molar-refractivity contribution in [3.05, 3.63) is 83.1 Å². The molecule has 0 spiro atoms. The molecule has 0 fully saturated rings. The van der Waals surface area contributed by atoms with Crippen molar-refractivity contribution in [3.8, 4) is 11.4 Å². The number of halogens is 1. The summed E-state index contributed by atoms with van der Waals surface area (Å²) in [7, 11) is 1.30. The van der Waals surface area contributed by atoms with E-state index in [1.807, 2.05) is 30.3 Å². The molecule has 1 N–H and O–H groups in total. The zero-order valence-electron chi connectivity index (χ0n) is 15.1. The molecular formula is C21H18ClN3O3. The van der Waals surface area contributed by atoms with Crippen LogP contribution in [0.1, 0.15) is 28.4 Å². The van der Waals surface area contributed by atoms with Crippen LogP contribution in [0.15, 0.2) is 67.0 Å². The smallest absolute Gasteiger partial charge is 0.307 e. The van der Waals surface area contributed by atoms with Gasteiger partial charge in [-0.1, -0.05) is 54.1 Å². The van der Waals surface area contributed by atoms with E-state index >= 15 is 0 Å². The van der Waals surface area contributed by atoms with Crippen molar-refractivity contribution in [2.24, 2.45) is 0 Å².